The highest BCUT2D eigenvalue weighted by Crippen LogP contribution is 2.21. The van der Waals surface area contributed by atoms with E-state index in [1.807, 2.05) is 17.0 Å². The van der Waals surface area contributed by atoms with Gasteiger partial charge in [0.25, 0.3) is 0 Å². The van der Waals surface area contributed by atoms with Gasteiger partial charge in [-0.3, -0.25) is 4.79 Å². The van der Waals surface area contributed by atoms with Gasteiger partial charge in [0, 0.05) is 30.7 Å². The minimum absolute atomic E-state index is 0.0283. The van der Waals surface area contributed by atoms with Crippen LogP contribution in [-0.2, 0) is 11.3 Å². The zero-order chi connectivity index (χ0) is 17.6. The van der Waals surface area contributed by atoms with Gasteiger partial charge in [0.2, 0.25) is 5.91 Å². The lowest BCUT2D eigenvalue weighted by atomic mass is 10.1. The van der Waals surface area contributed by atoms with Crippen molar-refractivity contribution in [1.82, 2.24) is 10.6 Å². The number of guanidine groups is 1. The maximum absolute atomic E-state index is 12.0. The predicted octanol–water partition coefficient (Wildman–Crippen LogP) is 3.06. The second-order valence-corrected chi connectivity index (χ2v) is 7.24. The van der Waals surface area contributed by atoms with Gasteiger partial charge in [-0.25, -0.2) is 4.99 Å². The lowest BCUT2D eigenvalue weighted by Crippen LogP contribution is -2.47. The largest absolute Gasteiger partial charge is 0.357 e. The summed E-state index contributed by atoms with van der Waals surface area (Å²) in [6.45, 7) is 10.7. The fourth-order valence-corrected chi connectivity index (χ4v) is 2.69. The first-order valence-corrected chi connectivity index (χ1v) is 8.85. The van der Waals surface area contributed by atoms with Gasteiger partial charge >= 0.3 is 0 Å². The minimum Gasteiger partial charge on any atom is -0.357 e. The first-order chi connectivity index (χ1) is 11.4. The molecule has 0 spiro atoms. The van der Waals surface area contributed by atoms with E-state index in [2.05, 4.69) is 55.5 Å². The van der Waals surface area contributed by atoms with Crippen molar-refractivity contribution in [1.29, 1.82) is 0 Å². The summed E-state index contributed by atoms with van der Waals surface area (Å²) in [6.07, 6.45) is 2.76. The summed E-state index contributed by atoms with van der Waals surface area (Å²) < 4.78 is 0. The van der Waals surface area contributed by atoms with Gasteiger partial charge in [-0.2, -0.15) is 0 Å². The number of amides is 1. The highest BCUT2D eigenvalue weighted by molar-refractivity contribution is 5.93. The number of aliphatic imine (C=N–C) groups is 1. The normalized spacial score (nSPS) is 16.2. The SMILES string of the molecule is CCNC(=NCc1ccc(N2CCCCC2=O)cc1)NC(C)(C)C. The van der Waals surface area contributed by atoms with Crippen LogP contribution in [0.4, 0.5) is 5.69 Å². The lowest BCUT2D eigenvalue weighted by Gasteiger charge is -2.26. The Balaban J connectivity index is 2.01. The van der Waals surface area contributed by atoms with E-state index in [1.165, 1.54) is 0 Å². The molecule has 1 aromatic carbocycles. The number of rotatable bonds is 4. The molecule has 1 fully saturated rings. The van der Waals surface area contributed by atoms with Crippen LogP contribution in [0.1, 0.15) is 52.5 Å². The molecular weight excluding hydrogens is 300 g/mol. The molecule has 0 unspecified atom stereocenters. The van der Waals surface area contributed by atoms with Crippen molar-refractivity contribution in [3.8, 4) is 0 Å². The van der Waals surface area contributed by atoms with Gasteiger partial charge in [0.15, 0.2) is 5.96 Å². The number of piperidine rings is 1. The summed E-state index contributed by atoms with van der Waals surface area (Å²) in [5, 5.41) is 6.65. The molecule has 0 bridgehead atoms. The van der Waals surface area contributed by atoms with Crippen LogP contribution < -0.4 is 15.5 Å². The van der Waals surface area contributed by atoms with Gasteiger partial charge < -0.3 is 15.5 Å². The van der Waals surface area contributed by atoms with E-state index < -0.39 is 0 Å². The number of hydrogen-bond acceptors (Lipinski definition) is 2. The average molecular weight is 330 g/mol. The van der Waals surface area contributed by atoms with Crippen molar-refractivity contribution >= 4 is 17.6 Å². The molecule has 1 aliphatic rings. The van der Waals surface area contributed by atoms with Gasteiger partial charge in [-0.1, -0.05) is 12.1 Å². The molecule has 2 N–H and O–H groups in total. The molecular formula is C19H30N4O. The number of anilines is 1. The molecule has 1 heterocycles. The van der Waals surface area contributed by atoms with Gasteiger partial charge in [0.05, 0.1) is 6.54 Å². The summed E-state index contributed by atoms with van der Waals surface area (Å²) >= 11 is 0. The van der Waals surface area contributed by atoms with Gasteiger partial charge in [0.1, 0.15) is 0 Å². The van der Waals surface area contributed by atoms with Crippen molar-refractivity contribution in [2.45, 2.75) is 59.0 Å². The first kappa shape index (κ1) is 18.3. The Morgan fingerprint density at radius 3 is 2.50 bits per heavy atom. The van der Waals surface area contributed by atoms with Crippen LogP contribution in [0.2, 0.25) is 0 Å². The Kier molecular flexibility index (Phi) is 6.23. The van der Waals surface area contributed by atoms with Crippen LogP contribution in [0.15, 0.2) is 29.3 Å². The summed E-state index contributed by atoms with van der Waals surface area (Å²) in [5.74, 6) is 1.05. The first-order valence-electron chi connectivity index (χ1n) is 8.85. The highest BCUT2D eigenvalue weighted by Gasteiger charge is 2.19. The average Bonchev–Trinajstić information content (AvgIpc) is 2.53. The predicted molar refractivity (Wildman–Crippen MR) is 100 cm³/mol. The molecule has 5 nitrogen and oxygen atoms in total. The molecule has 5 heteroatoms. The number of nitrogens with zero attached hydrogens (tertiary/aromatic N) is 2. The van der Waals surface area contributed by atoms with E-state index in [9.17, 15) is 4.79 Å². The number of nitrogens with one attached hydrogen (secondary N) is 2. The lowest BCUT2D eigenvalue weighted by molar-refractivity contribution is -0.119. The van der Waals surface area contributed by atoms with E-state index in [0.29, 0.717) is 13.0 Å². The second-order valence-electron chi connectivity index (χ2n) is 7.24. The van der Waals surface area contributed by atoms with Crippen molar-refractivity contribution in [3.05, 3.63) is 29.8 Å². The maximum atomic E-state index is 12.0. The molecule has 2 rings (SSSR count). The van der Waals surface area contributed by atoms with Crippen LogP contribution in [0.5, 0.6) is 0 Å². The minimum atomic E-state index is -0.0283. The monoisotopic (exact) mass is 330 g/mol. The third-order valence-corrected chi connectivity index (χ3v) is 3.83. The Morgan fingerprint density at radius 2 is 1.92 bits per heavy atom. The maximum Gasteiger partial charge on any atom is 0.226 e. The second kappa shape index (κ2) is 8.18. The Hall–Kier alpha value is -2.04. The topological polar surface area (TPSA) is 56.7 Å². The van der Waals surface area contributed by atoms with Gasteiger partial charge in [-0.05, 0) is 58.2 Å². The third-order valence-electron chi connectivity index (χ3n) is 3.83. The van der Waals surface area contributed by atoms with E-state index >= 15 is 0 Å². The van der Waals surface area contributed by atoms with E-state index in [0.717, 1.165) is 43.1 Å². The molecule has 1 aliphatic heterocycles. The fourth-order valence-electron chi connectivity index (χ4n) is 2.69. The smallest absolute Gasteiger partial charge is 0.226 e. The van der Waals surface area contributed by atoms with E-state index in [-0.39, 0.29) is 11.4 Å². The molecule has 0 radical (unpaired) electrons. The standard InChI is InChI=1S/C19H30N4O/c1-5-20-18(22-19(2,3)4)21-14-15-9-11-16(12-10-15)23-13-7-6-8-17(23)24/h9-12H,5-8,13-14H2,1-4H3,(H2,20,21,22). The van der Waals surface area contributed by atoms with Crippen LogP contribution >= 0.6 is 0 Å². The molecule has 1 amide bonds. The van der Waals surface area contributed by atoms with Crippen LogP contribution in [-0.4, -0.2) is 30.5 Å². The highest BCUT2D eigenvalue weighted by atomic mass is 16.2. The summed E-state index contributed by atoms with van der Waals surface area (Å²) in [6, 6.07) is 8.17. The molecule has 24 heavy (non-hydrogen) atoms. The van der Waals surface area contributed by atoms with Crippen LogP contribution in [0.25, 0.3) is 0 Å². The number of carbonyl (C=O) groups excluding carboxylic acids is 1. The van der Waals surface area contributed by atoms with Crippen molar-refractivity contribution in [2.24, 2.45) is 4.99 Å². The summed E-state index contributed by atoms with van der Waals surface area (Å²) in [5.41, 5.74) is 2.10. The van der Waals surface area contributed by atoms with Gasteiger partial charge in [-0.15, -0.1) is 0 Å². The summed E-state index contributed by atoms with van der Waals surface area (Å²) in [7, 11) is 0. The molecule has 0 aliphatic carbocycles. The molecule has 0 saturated carbocycles. The number of hydrogen-bond donors (Lipinski definition) is 2. The molecule has 0 atom stereocenters. The van der Waals surface area contributed by atoms with Crippen molar-refractivity contribution in [2.75, 3.05) is 18.0 Å². The Labute approximate surface area is 145 Å². The quantitative estimate of drug-likeness (QED) is 0.659. The van der Waals surface area contributed by atoms with Crippen LogP contribution in [0, 0.1) is 0 Å². The number of carbonyl (C=O) groups is 1. The van der Waals surface area contributed by atoms with Crippen LogP contribution in [0.3, 0.4) is 0 Å². The molecule has 1 saturated heterocycles. The Morgan fingerprint density at radius 1 is 1.21 bits per heavy atom. The Bertz CT molecular complexity index is 572. The fraction of sp³-hybridized carbons (Fsp3) is 0.579. The van der Waals surface area contributed by atoms with Crippen molar-refractivity contribution in [3.63, 3.8) is 0 Å². The van der Waals surface area contributed by atoms with E-state index in [1.54, 1.807) is 0 Å². The number of benzene rings is 1. The molecule has 132 valence electrons. The van der Waals surface area contributed by atoms with E-state index in [4.69, 9.17) is 0 Å². The molecule has 0 aromatic heterocycles. The zero-order valence-corrected chi connectivity index (χ0v) is 15.4. The van der Waals surface area contributed by atoms with Crippen molar-refractivity contribution < 1.29 is 4.79 Å². The zero-order valence-electron chi connectivity index (χ0n) is 15.4. The molecule has 1 aromatic rings. The third kappa shape index (κ3) is 5.55. The summed E-state index contributed by atoms with van der Waals surface area (Å²) in [4.78, 5) is 18.5.